The second kappa shape index (κ2) is 6.62. The lowest BCUT2D eigenvalue weighted by atomic mass is 10.2. The number of rotatable bonds is 4. The molecule has 1 N–H and O–H groups in total. The average molecular weight is 280 g/mol. The number of hydrogen-bond acceptors (Lipinski definition) is 6. The van der Waals surface area contributed by atoms with Crippen molar-refractivity contribution in [2.75, 3.05) is 50.2 Å². The van der Waals surface area contributed by atoms with Crippen LogP contribution in [0.1, 0.15) is 11.4 Å². The fraction of sp³-hybridized carbons (Fsp3) is 0.615. The maximum Gasteiger partial charge on any atom is 0.250 e. The van der Waals surface area contributed by atoms with Crippen LogP contribution in [0.4, 0.5) is 11.6 Å². The van der Waals surface area contributed by atoms with Gasteiger partial charge in [0.25, 0.3) is 0 Å². The minimum absolute atomic E-state index is 0.0180. The first-order chi connectivity index (χ1) is 9.61. The Labute approximate surface area is 118 Å². The number of ether oxygens (including phenoxy) is 2. The van der Waals surface area contributed by atoms with Crippen LogP contribution in [-0.4, -0.2) is 55.9 Å². The Balaban J connectivity index is 2.17. The second-order valence-corrected chi connectivity index (χ2v) is 4.65. The molecule has 7 heteroatoms. The van der Waals surface area contributed by atoms with Crippen molar-refractivity contribution in [3.05, 3.63) is 11.4 Å². The Bertz CT molecular complexity index is 463. The van der Waals surface area contributed by atoms with E-state index in [0.29, 0.717) is 24.8 Å². The van der Waals surface area contributed by atoms with Gasteiger partial charge in [0, 0.05) is 20.2 Å². The lowest BCUT2D eigenvalue weighted by molar-refractivity contribution is -0.119. The number of nitrogens with one attached hydrogen (secondary N) is 1. The summed E-state index contributed by atoms with van der Waals surface area (Å²) in [5, 5.41) is 2.78. The Hall–Kier alpha value is -1.73. The molecule has 0 atom stereocenters. The first kappa shape index (κ1) is 14.7. The molecule has 0 radical (unpaired) electrons. The molecule has 110 valence electrons. The molecule has 20 heavy (non-hydrogen) atoms. The maximum absolute atomic E-state index is 11.6. The van der Waals surface area contributed by atoms with Crippen LogP contribution in [0.2, 0.25) is 0 Å². The molecule has 1 aliphatic rings. The third kappa shape index (κ3) is 3.43. The van der Waals surface area contributed by atoms with Crippen molar-refractivity contribution in [2.45, 2.75) is 13.8 Å². The summed E-state index contributed by atoms with van der Waals surface area (Å²) in [4.78, 5) is 22.6. The van der Waals surface area contributed by atoms with Crippen LogP contribution in [0.5, 0.6) is 0 Å². The minimum atomic E-state index is -0.207. The molecule has 0 spiro atoms. The topological polar surface area (TPSA) is 76.6 Å². The fourth-order valence-electron chi connectivity index (χ4n) is 2.09. The van der Waals surface area contributed by atoms with Crippen LogP contribution < -0.4 is 10.2 Å². The van der Waals surface area contributed by atoms with Gasteiger partial charge in [-0.3, -0.25) is 4.79 Å². The lowest BCUT2D eigenvalue weighted by Crippen LogP contribution is -2.37. The summed E-state index contributed by atoms with van der Waals surface area (Å²) in [7, 11) is 1.48. The first-order valence-corrected chi connectivity index (χ1v) is 6.58. The van der Waals surface area contributed by atoms with Gasteiger partial charge in [-0.2, -0.15) is 0 Å². The molecule has 1 aromatic rings. The van der Waals surface area contributed by atoms with E-state index in [1.165, 1.54) is 7.11 Å². The van der Waals surface area contributed by atoms with E-state index in [0.717, 1.165) is 24.5 Å². The third-order valence-corrected chi connectivity index (χ3v) is 3.09. The molecule has 7 nitrogen and oxygen atoms in total. The summed E-state index contributed by atoms with van der Waals surface area (Å²) in [5.74, 6) is 0.481. The number of methoxy groups -OCH3 is 1. The van der Waals surface area contributed by atoms with Crippen LogP contribution in [0.3, 0.4) is 0 Å². The van der Waals surface area contributed by atoms with E-state index >= 15 is 0 Å². The van der Waals surface area contributed by atoms with Gasteiger partial charge in [-0.15, -0.1) is 0 Å². The summed E-state index contributed by atoms with van der Waals surface area (Å²) in [6.07, 6.45) is 0. The van der Waals surface area contributed by atoms with Gasteiger partial charge in [0.1, 0.15) is 6.61 Å². The van der Waals surface area contributed by atoms with Gasteiger partial charge in [0.05, 0.1) is 30.3 Å². The summed E-state index contributed by atoms with van der Waals surface area (Å²) in [5.41, 5.74) is 2.16. The van der Waals surface area contributed by atoms with Crippen molar-refractivity contribution in [1.29, 1.82) is 0 Å². The van der Waals surface area contributed by atoms with Gasteiger partial charge in [-0.25, -0.2) is 9.97 Å². The smallest absolute Gasteiger partial charge is 0.250 e. The number of aryl methyl sites for hydroxylation is 2. The normalized spacial score (nSPS) is 15.2. The first-order valence-electron chi connectivity index (χ1n) is 6.58. The summed E-state index contributed by atoms with van der Waals surface area (Å²) >= 11 is 0. The van der Waals surface area contributed by atoms with Crippen molar-refractivity contribution in [3.8, 4) is 0 Å². The molecular formula is C13H20N4O3. The van der Waals surface area contributed by atoms with Gasteiger partial charge in [0.15, 0.2) is 0 Å². The molecule has 0 bridgehead atoms. The number of carbonyl (C=O) groups excluding carboxylic acids is 1. The molecular weight excluding hydrogens is 260 g/mol. The molecule has 0 saturated carbocycles. The van der Waals surface area contributed by atoms with E-state index < -0.39 is 0 Å². The molecule has 1 aliphatic heterocycles. The highest BCUT2D eigenvalue weighted by molar-refractivity contribution is 5.92. The predicted molar refractivity (Wildman–Crippen MR) is 75.0 cm³/mol. The van der Waals surface area contributed by atoms with Crippen LogP contribution >= 0.6 is 0 Å². The Morgan fingerprint density at radius 3 is 2.45 bits per heavy atom. The van der Waals surface area contributed by atoms with Gasteiger partial charge in [-0.05, 0) is 13.8 Å². The number of carbonyl (C=O) groups is 1. The average Bonchev–Trinajstić information content (AvgIpc) is 2.44. The number of morpholine rings is 1. The van der Waals surface area contributed by atoms with E-state index in [9.17, 15) is 4.79 Å². The highest BCUT2D eigenvalue weighted by atomic mass is 16.5. The second-order valence-electron chi connectivity index (χ2n) is 4.65. The molecule has 0 aromatic carbocycles. The summed E-state index contributed by atoms with van der Waals surface area (Å²) in [6.45, 7) is 6.69. The summed E-state index contributed by atoms with van der Waals surface area (Å²) < 4.78 is 10.1. The van der Waals surface area contributed by atoms with Crippen LogP contribution in [0, 0.1) is 13.8 Å². The van der Waals surface area contributed by atoms with E-state index in [-0.39, 0.29) is 12.5 Å². The van der Waals surface area contributed by atoms with Crippen LogP contribution in [0.15, 0.2) is 0 Å². The Morgan fingerprint density at radius 1 is 1.30 bits per heavy atom. The molecule has 2 heterocycles. The fourth-order valence-corrected chi connectivity index (χ4v) is 2.09. The molecule has 2 rings (SSSR count). The van der Waals surface area contributed by atoms with Crippen molar-refractivity contribution in [2.24, 2.45) is 0 Å². The van der Waals surface area contributed by atoms with Gasteiger partial charge in [-0.1, -0.05) is 0 Å². The Kier molecular flexibility index (Phi) is 4.86. The number of nitrogens with zero attached hydrogens (tertiary/aromatic N) is 3. The number of hydrogen-bond donors (Lipinski definition) is 1. The summed E-state index contributed by atoms with van der Waals surface area (Å²) in [6, 6.07) is 0. The maximum atomic E-state index is 11.6. The predicted octanol–water partition coefficient (Wildman–Crippen LogP) is 0.515. The molecule has 1 saturated heterocycles. The third-order valence-electron chi connectivity index (χ3n) is 3.09. The molecule has 1 amide bonds. The zero-order valence-electron chi connectivity index (χ0n) is 12.1. The van der Waals surface area contributed by atoms with Gasteiger partial charge >= 0.3 is 0 Å². The van der Waals surface area contributed by atoms with Crippen molar-refractivity contribution in [3.63, 3.8) is 0 Å². The monoisotopic (exact) mass is 280 g/mol. The SMILES string of the molecule is COCC(=O)Nc1c(C)nc(N2CCOCC2)nc1C. The highest BCUT2D eigenvalue weighted by Crippen LogP contribution is 2.20. The van der Waals surface area contributed by atoms with E-state index in [1.807, 2.05) is 13.8 Å². The zero-order valence-corrected chi connectivity index (χ0v) is 12.1. The van der Waals surface area contributed by atoms with Crippen molar-refractivity contribution < 1.29 is 14.3 Å². The van der Waals surface area contributed by atoms with Crippen LogP contribution in [-0.2, 0) is 14.3 Å². The largest absolute Gasteiger partial charge is 0.378 e. The van der Waals surface area contributed by atoms with Gasteiger partial charge in [0.2, 0.25) is 11.9 Å². The highest BCUT2D eigenvalue weighted by Gasteiger charge is 2.17. The quantitative estimate of drug-likeness (QED) is 0.866. The van der Waals surface area contributed by atoms with Gasteiger partial charge < -0.3 is 19.7 Å². The van der Waals surface area contributed by atoms with Crippen LogP contribution in [0.25, 0.3) is 0 Å². The van der Waals surface area contributed by atoms with Crippen molar-refractivity contribution >= 4 is 17.5 Å². The van der Waals surface area contributed by atoms with E-state index in [1.54, 1.807) is 0 Å². The molecule has 1 fully saturated rings. The van der Waals surface area contributed by atoms with Crippen molar-refractivity contribution in [1.82, 2.24) is 9.97 Å². The Morgan fingerprint density at radius 2 is 1.90 bits per heavy atom. The minimum Gasteiger partial charge on any atom is -0.378 e. The molecule has 0 aliphatic carbocycles. The van der Waals surface area contributed by atoms with E-state index in [4.69, 9.17) is 9.47 Å². The molecule has 0 unspecified atom stereocenters. The molecule has 1 aromatic heterocycles. The number of aromatic nitrogens is 2. The lowest BCUT2D eigenvalue weighted by Gasteiger charge is -2.27. The standard InChI is InChI=1S/C13H20N4O3/c1-9-12(16-11(18)8-19-3)10(2)15-13(14-9)17-4-6-20-7-5-17/h4-8H2,1-3H3,(H,16,18). The van der Waals surface area contributed by atoms with E-state index in [2.05, 4.69) is 20.2 Å². The zero-order chi connectivity index (χ0) is 14.5. The number of amides is 1. The number of anilines is 2.